The summed E-state index contributed by atoms with van der Waals surface area (Å²) in [6.07, 6.45) is 2.04. The van der Waals surface area contributed by atoms with Crippen LogP contribution in [0.15, 0.2) is 53.1 Å². The first-order valence-electron chi connectivity index (χ1n) is 7.00. The van der Waals surface area contributed by atoms with Crippen LogP contribution in [-0.2, 0) is 6.42 Å². The molecule has 0 aliphatic heterocycles. The summed E-state index contributed by atoms with van der Waals surface area (Å²) in [5, 5.41) is 10.5. The van der Waals surface area contributed by atoms with E-state index in [4.69, 9.17) is 4.42 Å². The first-order chi connectivity index (χ1) is 11.2. The maximum atomic E-state index is 12.8. The molecule has 6 nitrogen and oxygen atoms in total. The van der Waals surface area contributed by atoms with E-state index in [-0.39, 0.29) is 11.7 Å². The van der Waals surface area contributed by atoms with Crippen molar-refractivity contribution < 1.29 is 13.6 Å². The average Bonchev–Trinajstić information content (AvgIpc) is 3.05. The van der Waals surface area contributed by atoms with Gasteiger partial charge in [0.15, 0.2) is 0 Å². The molecule has 3 rings (SSSR count). The Balaban J connectivity index is 1.54. The van der Waals surface area contributed by atoms with E-state index in [1.165, 1.54) is 24.3 Å². The highest BCUT2D eigenvalue weighted by molar-refractivity contribution is 5.94. The summed E-state index contributed by atoms with van der Waals surface area (Å²) in [6, 6.07) is 10.7. The summed E-state index contributed by atoms with van der Waals surface area (Å²) >= 11 is 0. The molecule has 0 saturated carbocycles. The molecule has 0 saturated heterocycles. The number of pyridine rings is 1. The highest BCUT2D eigenvalue weighted by Crippen LogP contribution is 2.14. The Morgan fingerprint density at radius 2 is 1.96 bits per heavy atom. The zero-order chi connectivity index (χ0) is 16.1. The van der Waals surface area contributed by atoms with Crippen molar-refractivity contribution in [2.24, 2.45) is 0 Å². The quantitative estimate of drug-likeness (QED) is 0.781. The van der Waals surface area contributed by atoms with Gasteiger partial charge in [-0.25, -0.2) is 4.39 Å². The fourth-order valence-corrected chi connectivity index (χ4v) is 1.93. The summed E-state index contributed by atoms with van der Waals surface area (Å²) < 4.78 is 18.3. The number of hydrogen-bond donors (Lipinski definition) is 1. The van der Waals surface area contributed by atoms with Gasteiger partial charge in [0.25, 0.3) is 11.8 Å². The number of benzene rings is 1. The molecule has 0 radical (unpaired) electrons. The number of halogens is 1. The number of nitrogens with zero attached hydrogens (tertiary/aromatic N) is 3. The Labute approximate surface area is 131 Å². The van der Waals surface area contributed by atoms with Gasteiger partial charge < -0.3 is 9.73 Å². The van der Waals surface area contributed by atoms with Crippen LogP contribution in [0, 0.1) is 5.82 Å². The average molecular weight is 312 g/mol. The van der Waals surface area contributed by atoms with Gasteiger partial charge in [-0.2, -0.15) is 0 Å². The Kier molecular flexibility index (Phi) is 4.37. The zero-order valence-electron chi connectivity index (χ0n) is 12.1. The molecule has 0 unspecified atom stereocenters. The van der Waals surface area contributed by atoms with Gasteiger partial charge in [0.05, 0.1) is 0 Å². The van der Waals surface area contributed by atoms with E-state index in [1.54, 1.807) is 18.3 Å². The minimum Gasteiger partial charge on any atom is -0.419 e. The number of hydrogen-bond acceptors (Lipinski definition) is 5. The van der Waals surface area contributed by atoms with Crippen LogP contribution in [0.3, 0.4) is 0 Å². The van der Waals surface area contributed by atoms with Crippen LogP contribution in [0.25, 0.3) is 11.6 Å². The molecule has 0 spiro atoms. The van der Waals surface area contributed by atoms with Crippen molar-refractivity contribution in [2.75, 3.05) is 6.54 Å². The molecule has 23 heavy (non-hydrogen) atoms. The number of aromatic nitrogens is 3. The van der Waals surface area contributed by atoms with Crippen molar-refractivity contribution in [2.45, 2.75) is 6.42 Å². The van der Waals surface area contributed by atoms with Gasteiger partial charge in [0, 0.05) is 24.7 Å². The first kappa shape index (κ1) is 14.8. The van der Waals surface area contributed by atoms with E-state index in [0.29, 0.717) is 36.0 Å². The SMILES string of the molecule is O=C(NCCc1nnc(-c2ccccn2)o1)c1ccc(F)cc1. The lowest BCUT2D eigenvalue weighted by Gasteiger charge is -2.03. The second-order valence-electron chi connectivity index (χ2n) is 4.73. The second-order valence-corrected chi connectivity index (χ2v) is 4.73. The highest BCUT2D eigenvalue weighted by Gasteiger charge is 2.10. The van der Waals surface area contributed by atoms with Gasteiger partial charge in [-0.05, 0) is 36.4 Å². The van der Waals surface area contributed by atoms with E-state index in [9.17, 15) is 9.18 Å². The number of carbonyl (C=O) groups excluding carboxylic acids is 1. The molecule has 0 fully saturated rings. The summed E-state index contributed by atoms with van der Waals surface area (Å²) in [5.74, 6) is 0.0828. The van der Waals surface area contributed by atoms with E-state index in [1.807, 2.05) is 6.07 Å². The van der Waals surface area contributed by atoms with Crippen LogP contribution in [-0.4, -0.2) is 27.6 Å². The van der Waals surface area contributed by atoms with Gasteiger partial charge in [-0.15, -0.1) is 10.2 Å². The fourth-order valence-electron chi connectivity index (χ4n) is 1.93. The van der Waals surface area contributed by atoms with Crippen molar-refractivity contribution in [1.29, 1.82) is 0 Å². The predicted octanol–water partition coefficient (Wildman–Crippen LogP) is 2.24. The molecule has 1 amide bonds. The normalized spacial score (nSPS) is 10.5. The number of carbonyl (C=O) groups is 1. The maximum Gasteiger partial charge on any atom is 0.266 e. The Bertz CT molecular complexity index is 787. The molecule has 0 aliphatic rings. The highest BCUT2D eigenvalue weighted by atomic mass is 19.1. The van der Waals surface area contributed by atoms with E-state index >= 15 is 0 Å². The largest absolute Gasteiger partial charge is 0.419 e. The maximum absolute atomic E-state index is 12.8. The van der Waals surface area contributed by atoms with Crippen molar-refractivity contribution >= 4 is 5.91 Å². The van der Waals surface area contributed by atoms with E-state index in [2.05, 4.69) is 20.5 Å². The molecule has 1 aromatic carbocycles. The third-order valence-electron chi connectivity index (χ3n) is 3.08. The fraction of sp³-hybridized carbons (Fsp3) is 0.125. The lowest BCUT2D eigenvalue weighted by Crippen LogP contribution is -2.25. The Morgan fingerprint density at radius 3 is 2.70 bits per heavy atom. The van der Waals surface area contributed by atoms with Gasteiger partial charge in [-0.1, -0.05) is 6.07 Å². The molecule has 7 heteroatoms. The van der Waals surface area contributed by atoms with Crippen LogP contribution in [0.2, 0.25) is 0 Å². The van der Waals surface area contributed by atoms with Crippen LogP contribution in [0.1, 0.15) is 16.2 Å². The van der Waals surface area contributed by atoms with Crippen molar-refractivity contribution in [3.8, 4) is 11.6 Å². The third-order valence-corrected chi connectivity index (χ3v) is 3.08. The summed E-state index contributed by atoms with van der Waals surface area (Å²) in [6.45, 7) is 0.333. The molecule has 2 aromatic heterocycles. The topological polar surface area (TPSA) is 80.9 Å². The van der Waals surface area contributed by atoms with Crippen LogP contribution in [0.4, 0.5) is 4.39 Å². The number of amides is 1. The smallest absolute Gasteiger partial charge is 0.266 e. The molecular weight excluding hydrogens is 299 g/mol. The molecule has 116 valence electrons. The molecular formula is C16H13FN4O2. The number of nitrogens with one attached hydrogen (secondary N) is 1. The lowest BCUT2D eigenvalue weighted by molar-refractivity contribution is 0.0953. The monoisotopic (exact) mass is 312 g/mol. The zero-order valence-corrected chi connectivity index (χ0v) is 12.1. The standard InChI is InChI=1S/C16H13FN4O2/c17-12-6-4-11(5-7-12)15(22)19-10-8-14-20-21-16(23-14)13-3-1-2-9-18-13/h1-7,9H,8,10H2,(H,19,22). The van der Waals surface area contributed by atoms with Gasteiger partial charge in [0.1, 0.15) is 11.5 Å². The number of rotatable bonds is 5. The molecule has 0 bridgehead atoms. The van der Waals surface area contributed by atoms with Crippen LogP contribution in [0.5, 0.6) is 0 Å². The molecule has 0 aliphatic carbocycles. The molecule has 0 atom stereocenters. The van der Waals surface area contributed by atoms with Gasteiger partial charge in [0.2, 0.25) is 5.89 Å². The van der Waals surface area contributed by atoms with Crippen molar-refractivity contribution in [3.63, 3.8) is 0 Å². The van der Waals surface area contributed by atoms with Crippen LogP contribution >= 0.6 is 0 Å². The summed E-state index contributed by atoms with van der Waals surface area (Å²) in [5.41, 5.74) is 0.993. The second kappa shape index (κ2) is 6.78. The van der Waals surface area contributed by atoms with Crippen molar-refractivity contribution in [1.82, 2.24) is 20.5 Å². The molecule has 1 N–H and O–H groups in total. The van der Waals surface area contributed by atoms with Gasteiger partial charge >= 0.3 is 0 Å². The molecule has 3 aromatic rings. The van der Waals surface area contributed by atoms with Crippen molar-refractivity contribution in [3.05, 3.63) is 65.9 Å². The Hall–Kier alpha value is -3.09. The molecule has 2 heterocycles. The first-order valence-corrected chi connectivity index (χ1v) is 7.00. The van der Waals surface area contributed by atoms with E-state index < -0.39 is 0 Å². The lowest BCUT2D eigenvalue weighted by atomic mass is 10.2. The third kappa shape index (κ3) is 3.76. The van der Waals surface area contributed by atoms with Crippen LogP contribution < -0.4 is 5.32 Å². The summed E-state index contributed by atoms with van der Waals surface area (Å²) in [7, 11) is 0. The van der Waals surface area contributed by atoms with Gasteiger partial charge in [-0.3, -0.25) is 9.78 Å². The minimum atomic E-state index is -0.380. The summed E-state index contributed by atoms with van der Waals surface area (Å²) in [4.78, 5) is 16.0. The Morgan fingerprint density at radius 1 is 1.13 bits per heavy atom. The van der Waals surface area contributed by atoms with E-state index in [0.717, 1.165) is 0 Å². The predicted molar refractivity (Wildman–Crippen MR) is 80.0 cm³/mol. The minimum absolute atomic E-state index is 0.283.